The number of amides is 2. The zero-order valence-corrected chi connectivity index (χ0v) is 12.7. The van der Waals surface area contributed by atoms with Gasteiger partial charge >= 0.3 is 0 Å². The van der Waals surface area contributed by atoms with E-state index in [1.165, 1.54) is 0 Å². The van der Waals surface area contributed by atoms with Crippen molar-refractivity contribution < 1.29 is 9.59 Å². The van der Waals surface area contributed by atoms with Crippen molar-refractivity contribution in [3.8, 4) is 0 Å². The maximum Gasteiger partial charge on any atom is 0.227 e. The van der Waals surface area contributed by atoms with Crippen LogP contribution in [0.3, 0.4) is 0 Å². The maximum absolute atomic E-state index is 11.8. The van der Waals surface area contributed by atoms with E-state index in [1.54, 1.807) is 0 Å². The van der Waals surface area contributed by atoms with Crippen LogP contribution < -0.4 is 16.0 Å². The molecule has 0 spiro atoms. The van der Waals surface area contributed by atoms with Crippen LogP contribution >= 0.6 is 0 Å². The van der Waals surface area contributed by atoms with Crippen LogP contribution in [0.15, 0.2) is 18.2 Å². The van der Waals surface area contributed by atoms with Gasteiger partial charge in [0.15, 0.2) is 0 Å². The minimum Gasteiger partial charge on any atom is -0.327 e. The van der Waals surface area contributed by atoms with Gasteiger partial charge in [-0.2, -0.15) is 0 Å². The zero-order valence-electron chi connectivity index (χ0n) is 12.7. The van der Waals surface area contributed by atoms with Crippen molar-refractivity contribution in [1.82, 2.24) is 0 Å². The fraction of sp³-hybridized carbons (Fsp3) is 0.500. The zero-order chi connectivity index (χ0) is 15.4. The van der Waals surface area contributed by atoms with Crippen molar-refractivity contribution in [3.05, 3.63) is 23.8 Å². The minimum atomic E-state index is -0.104. The minimum absolute atomic E-state index is 0.0752. The number of nitrogens with zero attached hydrogens (tertiary/aromatic N) is 1. The molecule has 0 saturated carbocycles. The number of hydrogen-bond donors (Lipinski definition) is 2. The van der Waals surface area contributed by atoms with Crippen molar-refractivity contribution in [3.63, 3.8) is 0 Å². The molecule has 1 unspecified atom stereocenters. The number of rotatable bonds is 5. The van der Waals surface area contributed by atoms with E-state index in [-0.39, 0.29) is 17.9 Å². The average molecular weight is 289 g/mol. The lowest BCUT2D eigenvalue weighted by molar-refractivity contribution is -0.117. The van der Waals surface area contributed by atoms with E-state index < -0.39 is 0 Å². The average Bonchev–Trinajstić information content (AvgIpc) is 2.84. The van der Waals surface area contributed by atoms with Gasteiger partial charge in [-0.05, 0) is 43.5 Å². The molecule has 1 fully saturated rings. The molecule has 0 bridgehead atoms. The molecule has 2 rings (SSSR count). The van der Waals surface area contributed by atoms with Gasteiger partial charge in [0.1, 0.15) is 0 Å². The molecule has 1 atom stereocenters. The van der Waals surface area contributed by atoms with E-state index in [0.29, 0.717) is 12.8 Å². The van der Waals surface area contributed by atoms with Crippen LogP contribution in [-0.2, 0) is 9.59 Å². The molecule has 1 heterocycles. The molecule has 1 aliphatic heterocycles. The number of carbonyl (C=O) groups is 2. The normalized spacial score (nSPS) is 16.1. The first-order valence-electron chi connectivity index (χ1n) is 7.47. The predicted octanol–water partition coefficient (Wildman–Crippen LogP) is 2.19. The van der Waals surface area contributed by atoms with Gasteiger partial charge in [-0.3, -0.25) is 9.59 Å². The Bertz CT molecular complexity index is 542. The first-order chi connectivity index (χ1) is 10.0. The van der Waals surface area contributed by atoms with E-state index in [2.05, 4.69) is 5.32 Å². The summed E-state index contributed by atoms with van der Waals surface area (Å²) in [6.45, 7) is 4.69. The second-order valence-electron chi connectivity index (χ2n) is 5.57. The molecule has 0 aliphatic carbocycles. The fourth-order valence-electron chi connectivity index (χ4n) is 2.53. The van der Waals surface area contributed by atoms with Gasteiger partial charge in [0.05, 0.1) is 0 Å². The Hall–Kier alpha value is -1.88. The summed E-state index contributed by atoms with van der Waals surface area (Å²) in [4.78, 5) is 25.4. The summed E-state index contributed by atoms with van der Waals surface area (Å²) in [5.41, 5.74) is 8.44. The molecule has 3 N–H and O–H groups in total. The molecule has 5 nitrogen and oxygen atoms in total. The number of benzene rings is 1. The molecule has 21 heavy (non-hydrogen) atoms. The van der Waals surface area contributed by atoms with Crippen LogP contribution in [0.1, 0.15) is 38.2 Å². The quantitative estimate of drug-likeness (QED) is 0.872. The summed E-state index contributed by atoms with van der Waals surface area (Å²) in [7, 11) is 0. The van der Waals surface area contributed by atoms with Crippen molar-refractivity contribution in [2.75, 3.05) is 16.8 Å². The number of aryl methyl sites for hydroxylation is 1. The third kappa shape index (κ3) is 3.82. The highest BCUT2D eigenvalue weighted by Crippen LogP contribution is 2.27. The van der Waals surface area contributed by atoms with Gasteiger partial charge in [0.25, 0.3) is 0 Å². The van der Waals surface area contributed by atoms with E-state index in [1.807, 2.05) is 36.9 Å². The smallest absolute Gasteiger partial charge is 0.227 e. The molecular formula is C16H23N3O2. The van der Waals surface area contributed by atoms with E-state index >= 15 is 0 Å². The fourth-order valence-corrected chi connectivity index (χ4v) is 2.53. The Morgan fingerprint density at radius 3 is 2.81 bits per heavy atom. The molecule has 1 saturated heterocycles. The maximum atomic E-state index is 11.8. The largest absolute Gasteiger partial charge is 0.327 e. The molecule has 2 amide bonds. The van der Waals surface area contributed by atoms with Gasteiger partial charge < -0.3 is 16.0 Å². The van der Waals surface area contributed by atoms with Gasteiger partial charge in [0.2, 0.25) is 11.8 Å². The highest BCUT2D eigenvalue weighted by Gasteiger charge is 2.23. The molecular weight excluding hydrogens is 266 g/mol. The Morgan fingerprint density at radius 2 is 2.24 bits per heavy atom. The van der Waals surface area contributed by atoms with Gasteiger partial charge in [-0.15, -0.1) is 0 Å². The second kappa shape index (κ2) is 6.72. The number of carbonyl (C=O) groups excluding carboxylic acids is 2. The standard InChI is InChI=1S/C16H23N3O2/c1-3-12(17)10-15(20)18-13-6-7-14(11(2)9-13)19-8-4-5-16(19)21/h6-7,9,12H,3-5,8,10,17H2,1-2H3,(H,18,20). The monoisotopic (exact) mass is 289 g/mol. The SMILES string of the molecule is CCC(N)CC(=O)Nc1ccc(N2CCCC2=O)c(C)c1. The van der Waals surface area contributed by atoms with Crippen molar-refractivity contribution in [2.45, 2.75) is 45.6 Å². The third-order valence-electron chi connectivity index (χ3n) is 3.82. The molecule has 5 heteroatoms. The lowest BCUT2D eigenvalue weighted by Gasteiger charge is -2.19. The lowest BCUT2D eigenvalue weighted by Crippen LogP contribution is -2.26. The second-order valence-corrected chi connectivity index (χ2v) is 5.57. The number of nitrogens with two attached hydrogens (primary N) is 1. The topological polar surface area (TPSA) is 75.4 Å². The molecule has 1 aromatic rings. The number of anilines is 2. The van der Waals surface area contributed by atoms with E-state index in [0.717, 1.165) is 36.3 Å². The summed E-state index contributed by atoms with van der Waals surface area (Å²) in [6, 6.07) is 5.53. The van der Waals surface area contributed by atoms with Crippen LogP contribution in [0.25, 0.3) is 0 Å². The summed E-state index contributed by atoms with van der Waals surface area (Å²) < 4.78 is 0. The lowest BCUT2D eigenvalue weighted by atomic mass is 10.1. The Balaban J connectivity index is 2.05. The summed E-state index contributed by atoms with van der Waals surface area (Å²) in [6.07, 6.45) is 2.63. The molecule has 1 aliphatic rings. The van der Waals surface area contributed by atoms with Crippen molar-refractivity contribution in [2.24, 2.45) is 5.73 Å². The highest BCUT2D eigenvalue weighted by atomic mass is 16.2. The Labute approximate surface area is 125 Å². The number of nitrogens with one attached hydrogen (secondary N) is 1. The van der Waals surface area contributed by atoms with Crippen LogP contribution in [0.5, 0.6) is 0 Å². The van der Waals surface area contributed by atoms with Gasteiger partial charge in [-0.25, -0.2) is 0 Å². The molecule has 114 valence electrons. The first kappa shape index (κ1) is 15.5. The van der Waals surface area contributed by atoms with E-state index in [4.69, 9.17) is 5.73 Å². The third-order valence-corrected chi connectivity index (χ3v) is 3.82. The van der Waals surface area contributed by atoms with Crippen LogP contribution in [-0.4, -0.2) is 24.4 Å². The van der Waals surface area contributed by atoms with Crippen LogP contribution in [0.4, 0.5) is 11.4 Å². The van der Waals surface area contributed by atoms with E-state index in [9.17, 15) is 9.59 Å². The number of hydrogen-bond acceptors (Lipinski definition) is 3. The van der Waals surface area contributed by atoms with Gasteiger partial charge in [0, 0.05) is 36.8 Å². The highest BCUT2D eigenvalue weighted by molar-refractivity contribution is 5.97. The molecule has 1 aromatic carbocycles. The van der Waals surface area contributed by atoms with Crippen molar-refractivity contribution >= 4 is 23.2 Å². The summed E-state index contributed by atoms with van der Waals surface area (Å²) in [5, 5.41) is 2.85. The van der Waals surface area contributed by atoms with Crippen molar-refractivity contribution in [1.29, 1.82) is 0 Å². The Morgan fingerprint density at radius 1 is 1.48 bits per heavy atom. The Kier molecular flexibility index (Phi) is 4.96. The molecule has 0 aromatic heterocycles. The summed E-state index contributed by atoms with van der Waals surface area (Å²) in [5.74, 6) is 0.0950. The van der Waals surface area contributed by atoms with Gasteiger partial charge in [-0.1, -0.05) is 6.92 Å². The van der Waals surface area contributed by atoms with Crippen LogP contribution in [0, 0.1) is 6.92 Å². The predicted molar refractivity (Wildman–Crippen MR) is 84.3 cm³/mol. The van der Waals surface area contributed by atoms with Crippen LogP contribution in [0.2, 0.25) is 0 Å². The molecule has 0 radical (unpaired) electrons. The summed E-state index contributed by atoms with van der Waals surface area (Å²) >= 11 is 0. The first-order valence-corrected chi connectivity index (χ1v) is 7.47.